The SMILES string of the molecule is COC1(CC(=O)c2cncc3ccccc23)CCC1. The second-order valence-electron chi connectivity index (χ2n) is 5.25. The number of hydrogen-bond acceptors (Lipinski definition) is 3. The van der Waals surface area contributed by atoms with Crippen molar-refractivity contribution in [3.63, 3.8) is 0 Å². The highest BCUT2D eigenvalue weighted by Gasteiger charge is 2.39. The van der Waals surface area contributed by atoms with Crippen molar-refractivity contribution in [2.75, 3.05) is 7.11 Å². The van der Waals surface area contributed by atoms with Crippen LogP contribution in [-0.4, -0.2) is 23.5 Å². The molecule has 2 aromatic rings. The third kappa shape index (κ3) is 2.15. The van der Waals surface area contributed by atoms with Crippen molar-refractivity contribution < 1.29 is 9.53 Å². The molecule has 1 heterocycles. The van der Waals surface area contributed by atoms with Gasteiger partial charge in [0.25, 0.3) is 0 Å². The van der Waals surface area contributed by atoms with Crippen LogP contribution in [0.15, 0.2) is 36.7 Å². The van der Waals surface area contributed by atoms with Gasteiger partial charge in [0.1, 0.15) is 0 Å². The number of benzene rings is 1. The number of aromatic nitrogens is 1. The molecule has 0 saturated heterocycles. The summed E-state index contributed by atoms with van der Waals surface area (Å²) >= 11 is 0. The van der Waals surface area contributed by atoms with Gasteiger partial charge in [0.2, 0.25) is 0 Å². The molecule has 3 rings (SSSR count). The minimum atomic E-state index is -0.228. The van der Waals surface area contributed by atoms with Crippen LogP contribution in [0.1, 0.15) is 36.0 Å². The topological polar surface area (TPSA) is 39.2 Å². The van der Waals surface area contributed by atoms with Gasteiger partial charge in [-0.3, -0.25) is 9.78 Å². The summed E-state index contributed by atoms with van der Waals surface area (Å²) < 4.78 is 5.54. The first-order valence-electron chi connectivity index (χ1n) is 6.65. The Hall–Kier alpha value is -1.74. The molecule has 19 heavy (non-hydrogen) atoms. The van der Waals surface area contributed by atoms with Crippen molar-refractivity contribution in [1.82, 2.24) is 4.98 Å². The van der Waals surface area contributed by atoms with Crippen molar-refractivity contribution in [1.29, 1.82) is 0 Å². The van der Waals surface area contributed by atoms with E-state index in [0.29, 0.717) is 12.0 Å². The van der Waals surface area contributed by atoms with Gasteiger partial charge in [-0.15, -0.1) is 0 Å². The number of Topliss-reactive ketones (excluding diaryl/α,β-unsaturated/α-hetero) is 1. The lowest BCUT2D eigenvalue weighted by molar-refractivity contribution is -0.0704. The molecule has 1 aromatic carbocycles. The molecule has 1 aromatic heterocycles. The Labute approximate surface area is 112 Å². The van der Waals surface area contributed by atoms with E-state index < -0.39 is 0 Å². The standard InChI is InChI=1S/C16H17NO2/c1-19-16(7-4-8-16)9-15(18)14-11-17-10-12-5-2-3-6-13(12)14/h2-3,5-6,10-11H,4,7-9H2,1H3. The van der Waals surface area contributed by atoms with Gasteiger partial charge in [0.05, 0.1) is 5.60 Å². The fourth-order valence-corrected chi connectivity index (χ4v) is 2.75. The van der Waals surface area contributed by atoms with E-state index >= 15 is 0 Å². The molecule has 0 unspecified atom stereocenters. The third-order valence-corrected chi connectivity index (χ3v) is 4.15. The van der Waals surface area contributed by atoms with Gasteiger partial charge < -0.3 is 4.74 Å². The lowest BCUT2D eigenvalue weighted by Crippen LogP contribution is -2.41. The van der Waals surface area contributed by atoms with Crippen LogP contribution in [0.25, 0.3) is 10.8 Å². The largest absolute Gasteiger partial charge is 0.378 e. The summed E-state index contributed by atoms with van der Waals surface area (Å²) in [5.41, 5.74) is 0.482. The first-order valence-corrected chi connectivity index (χ1v) is 6.65. The number of pyridine rings is 1. The molecule has 3 nitrogen and oxygen atoms in total. The zero-order valence-electron chi connectivity index (χ0n) is 11.1. The second-order valence-corrected chi connectivity index (χ2v) is 5.25. The number of hydrogen-bond donors (Lipinski definition) is 0. The fourth-order valence-electron chi connectivity index (χ4n) is 2.75. The van der Waals surface area contributed by atoms with Gasteiger partial charge in [0, 0.05) is 36.9 Å². The maximum absolute atomic E-state index is 12.5. The Morgan fingerprint density at radius 3 is 2.79 bits per heavy atom. The molecule has 98 valence electrons. The highest BCUT2D eigenvalue weighted by Crippen LogP contribution is 2.39. The van der Waals surface area contributed by atoms with Crippen LogP contribution in [0.3, 0.4) is 0 Å². The van der Waals surface area contributed by atoms with Crippen molar-refractivity contribution in [2.24, 2.45) is 0 Å². The normalized spacial score (nSPS) is 17.1. The zero-order valence-corrected chi connectivity index (χ0v) is 11.1. The van der Waals surface area contributed by atoms with Crippen LogP contribution in [-0.2, 0) is 4.74 Å². The number of rotatable bonds is 4. The van der Waals surface area contributed by atoms with Crippen molar-refractivity contribution in [3.8, 4) is 0 Å². The van der Waals surface area contributed by atoms with Crippen LogP contribution in [0.4, 0.5) is 0 Å². The van der Waals surface area contributed by atoms with Gasteiger partial charge in [-0.1, -0.05) is 24.3 Å². The van der Waals surface area contributed by atoms with E-state index in [0.717, 1.165) is 30.0 Å². The van der Waals surface area contributed by atoms with Gasteiger partial charge in [-0.2, -0.15) is 0 Å². The van der Waals surface area contributed by atoms with E-state index in [1.54, 1.807) is 19.5 Å². The minimum Gasteiger partial charge on any atom is -0.378 e. The third-order valence-electron chi connectivity index (χ3n) is 4.15. The van der Waals surface area contributed by atoms with E-state index in [1.807, 2.05) is 24.3 Å². The molecular weight excluding hydrogens is 238 g/mol. The monoisotopic (exact) mass is 255 g/mol. The number of carbonyl (C=O) groups is 1. The van der Waals surface area contributed by atoms with E-state index in [-0.39, 0.29) is 11.4 Å². The Balaban J connectivity index is 1.93. The predicted octanol–water partition coefficient (Wildman–Crippen LogP) is 3.38. The molecule has 0 bridgehead atoms. The van der Waals surface area contributed by atoms with Crippen molar-refractivity contribution in [2.45, 2.75) is 31.3 Å². The minimum absolute atomic E-state index is 0.130. The number of fused-ring (bicyclic) bond motifs is 1. The summed E-state index contributed by atoms with van der Waals surface area (Å²) in [4.78, 5) is 16.7. The first-order chi connectivity index (χ1) is 9.24. The summed E-state index contributed by atoms with van der Waals surface area (Å²) in [7, 11) is 1.70. The number of methoxy groups -OCH3 is 1. The highest BCUT2D eigenvalue weighted by molar-refractivity contribution is 6.07. The summed E-state index contributed by atoms with van der Waals surface area (Å²) in [5.74, 6) is 0.130. The summed E-state index contributed by atoms with van der Waals surface area (Å²) in [6.07, 6.45) is 7.03. The lowest BCUT2D eigenvalue weighted by Gasteiger charge is -2.40. The number of ether oxygens (including phenoxy) is 1. The summed E-state index contributed by atoms with van der Waals surface area (Å²) in [5, 5.41) is 1.99. The van der Waals surface area contributed by atoms with Crippen LogP contribution in [0.2, 0.25) is 0 Å². The zero-order chi connectivity index (χ0) is 13.3. The van der Waals surface area contributed by atoms with Gasteiger partial charge >= 0.3 is 0 Å². The predicted molar refractivity (Wildman–Crippen MR) is 74.3 cm³/mol. The number of nitrogens with zero attached hydrogens (tertiary/aromatic N) is 1. The second kappa shape index (κ2) is 4.74. The molecule has 1 aliphatic carbocycles. The molecule has 1 fully saturated rings. The summed E-state index contributed by atoms with van der Waals surface area (Å²) in [6, 6.07) is 7.87. The van der Waals surface area contributed by atoms with Crippen LogP contribution >= 0.6 is 0 Å². The summed E-state index contributed by atoms with van der Waals surface area (Å²) in [6.45, 7) is 0. The molecule has 0 atom stereocenters. The molecule has 1 saturated carbocycles. The molecule has 0 radical (unpaired) electrons. The molecule has 0 aliphatic heterocycles. The van der Waals surface area contributed by atoms with E-state index in [2.05, 4.69) is 4.98 Å². The Kier molecular flexibility index (Phi) is 3.07. The van der Waals surface area contributed by atoms with Crippen molar-refractivity contribution >= 4 is 16.6 Å². The average molecular weight is 255 g/mol. The molecule has 0 spiro atoms. The first kappa shape index (κ1) is 12.3. The van der Waals surface area contributed by atoms with Crippen molar-refractivity contribution in [3.05, 3.63) is 42.2 Å². The smallest absolute Gasteiger partial charge is 0.167 e. The Bertz CT molecular complexity index is 606. The van der Waals surface area contributed by atoms with Gasteiger partial charge in [-0.05, 0) is 24.6 Å². The van der Waals surface area contributed by atoms with E-state index in [9.17, 15) is 4.79 Å². The van der Waals surface area contributed by atoms with Gasteiger partial charge in [0.15, 0.2) is 5.78 Å². The van der Waals surface area contributed by atoms with Crippen LogP contribution in [0.5, 0.6) is 0 Å². The van der Waals surface area contributed by atoms with Gasteiger partial charge in [-0.25, -0.2) is 0 Å². The van der Waals surface area contributed by atoms with Crippen LogP contribution in [0, 0.1) is 0 Å². The maximum atomic E-state index is 12.5. The maximum Gasteiger partial charge on any atom is 0.167 e. The molecule has 1 aliphatic rings. The molecule has 0 amide bonds. The fraction of sp³-hybridized carbons (Fsp3) is 0.375. The Morgan fingerprint density at radius 2 is 2.11 bits per heavy atom. The van der Waals surface area contributed by atoms with E-state index in [4.69, 9.17) is 4.74 Å². The average Bonchev–Trinajstić information content (AvgIpc) is 2.42. The molecule has 3 heteroatoms. The number of ketones is 1. The molecular formula is C16H17NO2. The number of carbonyl (C=O) groups excluding carboxylic acids is 1. The highest BCUT2D eigenvalue weighted by atomic mass is 16.5. The molecule has 0 N–H and O–H groups in total. The van der Waals surface area contributed by atoms with E-state index in [1.165, 1.54) is 0 Å². The quantitative estimate of drug-likeness (QED) is 0.786. The Morgan fingerprint density at radius 1 is 1.32 bits per heavy atom. The van der Waals surface area contributed by atoms with Crippen LogP contribution < -0.4 is 0 Å². The lowest BCUT2D eigenvalue weighted by atomic mass is 9.75.